The first-order valence-corrected chi connectivity index (χ1v) is 28.9. The molecule has 0 bridgehead atoms. The van der Waals surface area contributed by atoms with E-state index in [4.69, 9.17) is 54.2 Å². The normalized spacial score (nSPS) is 29.2. The Bertz CT molecular complexity index is 3650. The highest BCUT2D eigenvalue weighted by Crippen LogP contribution is 2.68. The Labute approximate surface area is 445 Å². The maximum absolute atomic E-state index is 13.6. The Morgan fingerprint density at radius 2 is 1.36 bits per heavy atom. The van der Waals surface area contributed by atoms with E-state index >= 15 is 0 Å². The van der Waals surface area contributed by atoms with Gasteiger partial charge in [0.25, 0.3) is 24.9 Å². The van der Waals surface area contributed by atoms with Crippen molar-refractivity contribution in [3.63, 3.8) is 0 Å². The zero-order valence-electron chi connectivity index (χ0n) is 41.5. The number of carbonyl (C=O) groups excluding carboxylic acids is 1. The van der Waals surface area contributed by atoms with Gasteiger partial charge in [-0.25, -0.2) is 38.2 Å². The molecule has 0 radical (unpaired) electrons. The number of amides is 1. The summed E-state index contributed by atoms with van der Waals surface area (Å²) in [5.74, 6) is -2.54. The summed E-state index contributed by atoms with van der Waals surface area (Å²) in [5, 5.41) is 33.2. The highest BCUT2D eigenvalue weighted by atomic mass is 31.3. The molecule has 438 valence electrons. The third kappa shape index (κ3) is 12.0. The van der Waals surface area contributed by atoms with Gasteiger partial charge in [0.15, 0.2) is 41.4 Å². The molecule has 9 rings (SSSR count). The molecule has 3 aliphatic rings. The number of aliphatic hydroxyl groups excluding tert-OH is 3. The van der Waals surface area contributed by atoms with E-state index in [0.29, 0.717) is 0 Å². The highest BCUT2D eigenvalue weighted by molar-refractivity contribution is 7.66. The van der Waals surface area contributed by atoms with Crippen molar-refractivity contribution < 1.29 is 108 Å². The molecule has 80 heavy (non-hydrogen) atoms. The van der Waals surface area contributed by atoms with Crippen molar-refractivity contribution in [3.8, 4) is 0 Å². The maximum atomic E-state index is 13.6. The summed E-state index contributed by atoms with van der Waals surface area (Å²) in [7, 11) is -18.5. The van der Waals surface area contributed by atoms with E-state index in [0.717, 1.165) is 30.7 Å². The maximum Gasteiger partial charge on any atom is 0.490 e. The van der Waals surface area contributed by atoms with Gasteiger partial charge in [0.1, 0.15) is 54.6 Å². The molecule has 3 fully saturated rings. The van der Waals surface area contributed by atoms with Gasteiger partial charge in [0.2, 0.25) is 23.6 Å². The average Bonchev–Trinajstić information content (AvgIpc) is 4.23. The standard InChI is InChI=1S/C36H50N16O24P4/c1-48(2)17(53)5-13-14(71-32(21(13)54)52-12-49(3)20-29(52)45-36(39)47-31(20)58)6-69-78(61,62)75-80(65,66)76-79(63,64)70-8-16-24(25(67-4)34(73-16)50-10-42-18-26(37)40-9-41-27(18)50)74-77(59,60)68-7-15-22(55)23(56)33(72-15)51-11-43-19-28(51)44-35(38)46-30(19)57/h9-16,21-25,32-34,54-56H,5-8H2,1-4H3,(H11-,37,38,39,40,41,44,45,46,47,57,58,59,60,61,62,63,64,65,66)/t13-,14-,15-,16-,21-,22-,23-,24-,25-,32?,33-,34-/m1/s1. The van der Waals surface area contributed by atoms with E-state index in [2.05, 4.69) is 48.5 Å². The molecule has 0 saturated carbocycles. The van der Waals surface area contributed by atoms with Crippen LogP contribution in [0.3, 0.4) is 0 Å². The molecule has 0 spiro atoms. The number of aryl methyl sites for hydroxylation is 1. The monoisotopic (exact) mass is 1210 g/mol. The zero-order valence-corrected chi connectivity index (χ0v) is 45.1. The van der Waals surface area contributed by atoms with Gasteiger partial charge in [-0.2, -0.15) is 13.6 Å². The molecule has 5 unspecified atom stereocenters. The molecule has 44 heteroatoms. The summed E-state index contributed by atoms with van der Waals surface area (Å²) < 4.78 is 110. The number of H-pyrrole nitrogens is 2. The first-order chi connectivity index (χ1) is 37.5. The lowest BCUT2D eigenvalue weighted by Gasteiger charge is -2.31. The number of anilines is 3. The SMILES string of the molecule is CO[C@@H]1[C@H](OP(=O)([O-])OC[C@H]2O[C@@H](n3cnc4c(=O)[nH]c(N)nc43)[C@H](O)[C@@H]2O)[C@@H](COP(=O)(O)OP(=O)(O)OP(=O)(O)OC[C@H]2OC([n+]3cn(C)c4c(=O)[nH]c(N)nc43)[C@H](O)[C@@H]2CC(=O)N(C)C)O[C@H]1n1cnc2c(N)ncnc21. The fourth-order valence-corrected chi connectivity index (χ4v) is 13.5. The summed E-state index contributed by atoms with van der Waals surface area (Å²) in [6, 6.07) is 0. The predicted molar refractivity (Wildman–Crippen MR) is 258 cm³/mol. The minimum Gasteiger partial charge on any atom is -0.756 e. The number of aromatic nitrogens is 12. The second-order valence-corrected chi connectivity index (χ2v) is 24.1. The molecule has 3 aliphatic heterocycles. The minimum absolute atomic E-state index is 0.0114. The Kier molecular flexibility index (Phi) is 16.4. The molecule has 40 nitrogen and oxygen atoms in total. The van der Waals surface area contributed by atoms with Gasteiger partial charge in [0.05, 0.1) is 45.6 Å². The molecular weight excluding hydrogens is 1160 g/mol. The van der Waals surface area contributed by atoms with E-state index in [-0.39, 0.29) is 51.2 Å². The fraction of sp³-hybridized carbons (Fsp3) is 0.556. The van der Waals surface area contributed by atoms with E-state index in [1.165, 1.54) is 46.1 Å². The molecule has 9 heterocycles. The Morgan fingerprint density at radius 1 is 0.762 bits per heavy atom. The third-order valence-corrected chi connectivity index (χ3v) is 17.9. The van der Waals surface area contributed by atoms with Gasteiger partial charge in [-0.15, -0.1) is 0 Å². The number of aliphatic hydroxyl groups is 3. The number of ether oxygens (including phenoxy) is 4. The number of methoxy groups -OCH3 is 1. The van der Waals surface area contributed by atoms with Crippen molar-refractivity contribution in [3.05, 3.63) is 46.0 Å². The molecular formula is C36H50N16O24P4. The van der Waals surface area contributed by atoms with Crippen molar-refractivity contribution in [2.75, 3.05) is 58.2 Å². The number of rotatable bonds is 21. The topological polar surface area (TPSA) is 565 Å². The molecule has 3 saturated heterocycles. The van der Waals surface area contributed by atoms with Crippen molar-refractivity contribution in [1.29, 1.82) is 0 Å². The van der Waals surface area contributed by atoms with E-state index in [1.54, 1.807) is 0 Å². The van der Waals surface area contributed by atoms with Crippen molar-refractivity contribution in [2.45, 2.75) is 73.9 Å². The van der Waals surface area contributed by atoms with Gasteiger partial charge in [-0.1, -0.05) is 4.98 Å². The van der Waals surface area contributed by atoms with E-state index in [9.17, 15) is 67.5 Å². The van der Waals surface area contributed by atoms with Crippen LogP contribution in [0.25, 0.3) is 33.5 Å². The number of aromatic amines is 2. The van der Waals surface area contributed by atoms with Gasteiger partial charge >= 0.3 is 29.1 Å². The fourth-order valence-electron chi connectivity index (χ4n) is 9.01. The van der Waals surface area contributed by atoms with Gasteiger partial charge in [0, 0.05) is 33.5 Å². The lowest BCUT2D eigenvalue weighted by atomic mass is 9.94. The van der Waals surface area contributed by atoms with E-state index in [1.807, 2.05) is 0 Å². The van der Waals surface area contributed by atoms with Crippen LogP contribution in [0.1, 0.15) is 25.1 Å². The number of nitrogen functional groups attached to an aromatic ring is 3. The second kappa shape index (κ2) is 22.3. The summed E-state index contributed by atoms with van der Waals surface area (Å²) in [5.41, 5.74) is 15.5. The average molecular weight is 1210 g/mol. The number of nitrogens with two attached hydrogens (primary N) is 3. The van der Waals surface area contributed by atoms with Crippen LogP contribution in [-0.2, 0) is 75.8 Å². The van der Waals surface area contributed by atoms with Crippen molar-refractivity contribution >= 4 is 88.4 Å². The van der Waals surface area contributed by atoms with Crippen LogP contribution >= 0.6 is 31.3 Å². The van der Waals surface area contributed by atoms with Gasteiger partial charge in [-0.3, -0.25) is 51.7 Å². The molecule has 6 aromatic heterocycles. The smallest absolute Gasteiger partial charge is 0.490 e. The van der Waals surface area contributed by atoms with Crippen molar-refractivity contribution in [1.82, 2.24) is 58.5 Å². The molecule has 6 aromatic rings. The number of hydrogen-bond donors (Lipinski definition) is 11. The Morgan fingerprint density at radius 3 is 2.02 bits per heavy atom. The number of nitrogens with zero attached hydrogens (tertiary/aromatic N) is 11. The highest BCUT2D eigenvalue weighted by Gasteiger charge is 2.53. The number of imidazole rings is 3. The second-order valence-electron chi connectivity index (χ2n) is 18.1. The first-order valence-electron chi connectivity index (χ1n) is 23.0. The number of hydrogen-bond acceptors (Lipinski definition) is 30. The summed E-state index contributed by atoms with van der Waals surface area (Å²) in [6.45, 7) is -3.42. The van der Waals surface area contributed by atoms with Crippen LogP contribution in [0.5, 0.6) is 0 Å². The summed E-state index contributed by atoms with van der Waals surface area (Å²) >= 11 is 0. The lowest BCUT2D eigenvalue weighted by molar-refractivity contribution is -0.745. The molecule has 0 aromatic carbocycles. The summed E-state index contributed by atoms with van der Waals surface area (Å²) in [6.07, 6.45) is -14.3. The summed E-state index contributed by atoms with van der Waals surface area (Å²) in [4.78, 5) is 113. The minimum atomic E-state index is -6.25. The number of phosphoric ester groups is 3. The Hall–Kier alpha value is -5.64. The van der Waals surface area contributed by atoms with Crippen molar-refractivity contribution in [2.24, 2.45) is 13.0 Å². The van der Waals surface area contributed by atoms with Crippen LogP contribution in [-0.4, -0.2) is 184 Å². The van der Waals surface area contributed by atoms with Gasteiger partial charge < -0.3 is 85.0 Å². The number of fused-ring (bicyclic) bond motifs is 3. The lowest BCUT2D eigenvalue weighted by Crippen LogP contribution is -2.45. The van der Waals surface area contributed by atoms with Crippen LogP contribution in [0.2, 0.25) is 0 Å². The zero-order chi connectivity index (χ0) is 58.1. The largest absolute Gasteiger partial charge is 0.756 e. The molecule has 1 amide bonds. The Balaban J connectivity index is 0.879. The van der Waals surface area contributed by atoms with Gasteiger partial charge in [-0.05, 0) is 0 Å². The van der Waals surface area contributed by atoms with Crippen LogP contribution in [0.4, 0.5) is 17.7 Å². The molecule has 16 atom stereocenters. The predicted octanol–water partition coefficient (Wildman–Crippen LogP) is -4.61. The number of nitrogens with one attached hydrogen (secondary N) is 2. The molecule has 14 N–H and O–H groups in total. The molecule has 0 aliphatic carbocycles. The van der Waals surface area contributed by atoms with Crippen LogP contribution in [0.15, 0.2) is 34.9 Å². The quantitative estimate of drug-likeness (QED) is 0.0239. The number of phosphoric acid groups is 4. The number of carbonyl (C=O) groups is 1. The first kappa shape index (κ1) is 59.0. The van der Waals surface area contributed by atoms with Crippen LogP contribution in [0, 0.1) is 5.92 Å². The van der Waals surface area contributed by atoms with E-state index < -0.39 is 148 Å². The van der Waals surface area contributed by atoms with Crippen LogP contribution < -0.4 is 37.8 Å². The third-order valence-electron chi connectivity index (χ3n) is 12.6.